The van der Waals surface area contributed by atoms with Gasteiger partial charge in [0.2, 0.25) is 6.41 Å². The van der Waals surface area contributed by atoms with Crippen LogP contribution in [0.4, 0.5) is 0 Å². The molecule has 0 spiro atoms. The third kappa shape index (κ3) is 2.98. The summed E-state index contributed by atoms with van der Waals surface area (Å²) in [6, 6.07) is 0.471. The Bertz CT molecular complexity index is 173. The average molecular weight is 198 g/mol. The first kappa shape index (κ1) is 11.5. The van der Waals surface area contributed by atoms with Gasteiger partial charge in [-0.3, -0.25) is 4.79 Å². The van der Waals surface area contributed by atoms with E-state index >= 15 is 0 Å². The Hall–Kier alpha value is -0.570. The number of nitrogens with zero attached hydrogens (tertiary/aromatic N) is 2. The highest BCUT2D eigenvalue weighted by atomic mass is 16.1. The minimum absolute atomic E-state index is 0.471. The monoisotopic (exact) mass is 198 g/mol. The van der Waals surface area contributed by atoms with Crippen LogP contribution in [0.5, 0.6) is 0 Å². The number of rotatable bonds is 6. The molecule has 1 rings (SSSR count). The van der Waals surface area contributed by atoms with Crippen LogP contribution in [0.2, 0.25) is 0 Å². The summed E-state index contributed by atoms with van der Waals surface area (Å²) in [5, 5.41) is 0. The van der Waals surface area contributed by atoms with Crippen molar-refractivity contribution in [1.82, 2.24) is 9.80 Å². The zero-order valence-electron chi connectivity index (χ0n) is 9.41. The molecule has 0 bridgehead atoms. The van der Waals surface area contributed by atoms with Crippen molar-refractivity contribution in [3.63, 3.8) is 0 Å². The van der Waals surface area contributed by atoms with Crippen LogP contribution in [0, 0.1) is 0 Å². The summed E-state index contributed by atoms with van der Waals surface area (Å²) in [6.45, 7) is 8.66. The minimum atomic E-state index is 0.471. The van der Waals surface area contributed by atoms with Crippen LogP contribution < -0.4 is 0 Å². The number of likely N-dealkylation sites (N-methyl/N-ethyl adjacent to an activating group) is 1. The molecule has 1 heterocycles. The Labute approximate surface area is 87.1 Å². The maximum absolute atomic E-state index is 10.8. The Balaban J connectivity index is 2.36. The molecular formula is C11H22N2O. The minimum Gasteiger partial charge on any atom is -0.341 e. The van der Waals surface area contributed by atoms with Gasteiger partial charge in [-0.2, -0.15) is 0 Å². The van der Waals surface area contributed by atoms with Crippen molar-refractivity contribution < 1.29 is 4.79 Å². The summed E-state index contributed by atoms with van der Waals surface area (Å²) in [4.78, 5) is 15.1. The lowest BCUT2D eigenvalue weighted by molar-refractivity contribution is -0.119. The van der Waals surface area contributed by atoms with Gasteiger partial charge in [0, 0.05) is 19.1 Å². The van der Waals surface area contributed by atoms with Gasteiger partial charge in [-0.15, -0.1) is 0 Å². The average Bonchev–Trinajstić information content (AvgIpc) is 2.64. The molecule has 1 aliphatic heterocycles. The fraction of sp³-hybridized carbons (Fsp3) is 0.909. The van der Waals surface area contributed by atoms with Gasteiger partial charge < -0.3 is 9.80 Å². The molecule has 0 aliphatic carbocycles. The second-order valence-corrected chi connectivity index (χ2v) is 4.03. The Morgan fingerprint density at radius 3 is 2.86 bits per heavy atom. The molecule has 0 aromatic rings. The lowest BCUT2D eigenvalue weighted by Gasteiger charge is -2.27. The van der Waals surface area contributed by atoms with E-state index in [0.29, 0.717) is 6.04 Å². The van der Waals surface area contributed by atoms with Gasteiger partial charge in [-0.1, -0.05) is 13.8 Å². The van der Waals surface area contributed by atoms with E-state index in [4.69, 9.17) is 0 Å². The van der Waals surface area contributed by atoms with Crippen molar-refractivity contribution in [2.75, 3.05) is 26.2 Å². The van der Waals surface area contributed by atoms with Crippen LogP contribution in [0.3, 0.4) is 0 Å². The van der Waals surface area contributed by atoms with Crippen LogP contribution in [0.15, 0.2) is 0 Å². The number of carbonyl (C=O) groups excluding carboxylic acids is 1. The number of hydrogen-bond donors (Lipinski definition) is 0. The zero-order valence-corrected chi connectivity index (χ0v) is 9.41. The predicted molar refractivity (Wildman–Crippen MR) is 58.2 cm³/mol. The van der Waals surface area contributed by atoms with Gasteiger partial charge >= 0.3 is 0 Å². The summed E-state index contributed by atoms with van der Waals surface area (Å²) in [7, 11) is 0. The summed E-state index contributed by atoms with van der Waals surface area (Å²) >= 11 is 0. The van der Waals surface area contributed by atoms with E-state index in [0.717, 1.165) is 32.6 Å². The van der Waals surface area contributed by atoms with E-state index < -0.39 is 0 Å². The molecule has 1 saturated heterocycles. The topological polar surface area (TPSA) is 23.6 Å². The second-order valence-electron chi connectivity index (χ2n) is 4.03. The van der Waals surface area contributed by atoms with E-state index in [-0.39, 0.29) is 0 Å². The zero-order chi connectivity index (χ0) is 10.4. The summed E-state index contributed by atoms with van der Waals surface area (Å²) in [6.07, 6.45) is 4.56. The Kier molecular flexibility index (Phi) is 4.94. The molecule has 14 heavy (non-hydrogen) atoms. The molecule has 0 aromatic carbocycles. The second kappa shape index (κ2) is 6.02. The van der Waals surface area contributed by atoms with Crippen molar-refractivity contribution in [3.8, 4) is 0 Å². The molecule has 1 unspecified atom stereocenters. The molecule has 0 radical (unpaired) electrons. The first-order valence-corrected chi connectivity index (χ1v) is 5.75. The number of carbonyl (C=O) groups is 1. The third-order valence-corrected chi connectivity index (χ3v) is 3.01. The molecule has 1 atom stereocenters. The fourth-order valence-electron chi connectivity index (χ4n) is 2.19. The molecule has 1 amide bonds. The van der Waals surface area contributed by atoms with Crippen molar-refractivity contribution in [1.29, 1.82) is 0 Å². The highest BCUT2D eigenvalue weighted by molar-refractivity contribution is 5.48. The van der Waals surface area contributed by atoms with Crippen LogP contribution >= 0.6 is 0 Å². The van der Waals surface area contributed by atoms with Gasteiger partial charge in [0.25, 0.3) is 0 Å². The molecule has 0 N–H and O–H groups in total. The largest absolute Gasteiger partial charge is 0.341 e. The highest BCUT2D eigenvalue weighted by Gasteiger charge is 2.24. The Morgan fingerprint density at radius 1 is 1.50 bits per heavy atom. The molecular weight excluding hydrogens is 176 g/mol. The van der Waals surface area contributed by atoms with Gasteiger partial charge in [-0.25, -0.2) is 0 Å². The molecule has 3 heteroatoms. The third-order valence-electron chi connectivity index (χ3n) is 3.01. The molecule has 82 valence electrons. The fourth-order valence-corrected chi connectivity index (χ4v) is 2.19. The van der Waals surface area contributed by atoms with Gasteiger partial charge in [0.05, 0.1) is 0 Å². The molecule has 1 fully saturated rings. The predicted octanol–water partition coefficient (Wildman–Crippen LogP) is 1.34. The number of likely N-dealkylation sites (tertiary alicyclic amines) is 1. The van der Waals surface area contributed by atoms with Crippen molar-refractivity contribution in [2.24, 2.45) is 0 Å². The van der Waals surface area contributed by atoms with E-state index in [1.54, 1.807) is 0 Å². The standard InChI is InChI=1S/C11H22N2O/c1-3-7-12(4-2)9-11-6-5-8-13(11)10-14/h10-11H,3-9H2,1-2H3. The first-order chi connectivity index (χ1) is 6.81. The van der Waals surface area contributed by atoms with E-state index in [2.05, 4.69) is 18.7 Å². The lowest BCUT2D eigenvalue weighted by Crippen LogP contribution is -2.40. The van der Waals surface area contributed by atoms with Gasteiger partial charge in [0.1, 0.15) is 0 Å². The smallest absolute Gasteiger partial charge is 0.209 e. The van der Waals surface area contributed by atoms with Crippen molar-refractivity contribution >= 4 is 6.41 Å². The maximum atomic E-state index is 10.8. The summed E-state index contributed by atoms with van der Waals surface area (Å²) < 4.78 is 0. The molecule has 0 saturated carbocycles. The van der Waals surface area contributed by atoms with Crippen LogP contribution in [0.1, 0.15) is 33.1 Å². The van der Waals surface area contributed by atoms with Gasteiger partial charge in [0.15, 0.2) is 0 Å². The molecule has 3 nitrogen and oxygen atoms in total. The normalized spacial score (nSPS) is 21.9. The van der Waals surface area contributed by atoms with E-state index in [9.17, 15) is 4.79 Å². The molecule has 0 aromatic heterocycles. The Morgan fingerprint density at radius 2 is 2.29 bits per heavy atom. The molecule has 1 aliphatic rings. The highest BCUT2D eigenvalue weighted by Crippen LogP contribution is 2.16. The number of amides is 1. The number of hydrogen-bond acceptors (Lipinski definition) is 2. The lowest BCUT2D eigenvalue weighted by atomic mass is 10.2. The van der Waals surface area contributed by atoms with Crippen LogP contribution in [-0.4, -0.2) is 48.4 Å². The SMILES string of the molecule is CCCN(CC)CC1CCCN1C=O. The van der Waals surface area contributed by atoms with Crippen molar-refractivity contribution in [2.45, 2.75) is 39.2 Å². The summed E-state index contributed by atoms with van der Waals surface area (Å²) in [5.74, 6) is 0. The first-order valence-electron chi connectivity index (χ1n) is 5.75. The quantitative estimate of drug-likeness (QED) is 0.601. The van der Waals surface area contributed by atoms with Gasteiger partial charge in [-0.05, 0) is 32.4 Å². The van der Waals surface area contributed by atoms with Crippen LogP contribution in [-0.2, 0) is 4.79 Å². The maximum Gasteiger partial charge on any atom is 0.209 e. The van der Waals surface area contributed by atoms with Crippen LogP contribution in [0.25, 0.3) is 0 Å². The van der Waals surface area contributed by atoms with Crippen molar-refractivity contribution in [3.05, 3.63) is 0 Å². The van der Waals surface area contributed by atoms with E-state index in [1.807, 2.05) is 4.90 Å². The van der Waals surface area contributed by atoms with E-state index in [1.165, 1.54) is 19.3 Å². The summed E-state index contributed by atoms with van der Waals surface area (Å²) in [5.41, 5.74) is 0.